The van der Waals surface area contributed by atoms with E-state index in [1.807, 2.05) is 29.1 Å². The first kappa shape index (κ1) is 14.3. The van der Waals surface area contributed by atoms with Crippen molar-refractivity contribution in [1.82, 2.24) is 15.2 Å². The predicted octanol–water partition coefficient (Wildman–Crippen LogP) is 2.10. The van der Waals surface area contributed by atoms with E-state index in [1.54, 1.807) is 0 Å². The van der Waals surface area contributed by atoms with Gasteiger partial charge in [0.05, 0.1) is 6.20 Å². The average molecular weight is 272 g/mol. The van der Waals surface area contributed by atoms with Gasteiger partial charge < -0.3 is 0 Å². The zero-order valence-corrected chi connectivity index (χ0v) is 11.5. The average Bonchev–Trinajstić information content (AvgIpc) is 2.96. The summed E-state index contributed by atoms with van der Waals surface area (Å²) in [5.74, 6) is 4.92. The van der Waals surface area contributed by atoms with Crippen molar-refractivity contribution in [3.8, 4) is 11.1 Å². The smallest absolute Gasteiger partial charge is 0.233 e. The zero-order valence-electron chi connectivity index (χ0n) is 11.5. The van der Waals surface area contributed by atoms with Gasteiger partial charge in [-0.1, -0.05) is 36.8 Å². The Balaban J connectivity index is 1.75. The molecule has 20 heavy (non-hydrogen) atoms. The molecule has 2 aromatic rings. The molecular weight excluding hydrogens is 252 g/mol. The number of nitrogens with two attached hydrogens (primary N) is 1. The van der Waals surface area contributed by atoms with Crippen LogP contribution >= 0.6 is 0 Å². The maximum Gasteiger partial charge on any atom is 0.233 e. The highest BCUT2D eigenvalue weighted by atomic mass is 16.2. The summed E-state index contributed by atoms with van der Waals surface area (Å²) in [6, 6.07) is 10.2. The van der Waals surface area contributed by atoms with Gasteiger partial charge in [-0.15, -0.1) is 0 Å². The molecule has 1 heterocycles. The van der Waals surface area contributed by atoms with Gasteiger partial charge in [0.2, 0.25) is 5.91 Å². The second-order valence-corrected chi connectivity index (χ2v) is 4.74. The highest BCUT2D eigenvalue weighted by Gasteiger charge is 2.01. The van der Waals surface area contributed by atoms with Crippen LogP contribution in [-0.4, -0.2) is 15.7 Å². The van der Waals surface area contributed by atoms with Crippen LogP contribution in [0.15, 0.2) is 42.7 Å². The number of carbonyl (C=O) groups is 1. The molecule has 0 atom stereocenters. The molecule has 0 aliphatic heterocycles. The molecule has 5 heteroatoms. The van der Waals surface area contributed by atoms with Gasteiger partial charge in [0.1, 0.15) is 0 Å². The third-order valence-electron chi connectivity index (χ3n) is 3.19. The minimum Gasteiger partial charge on any atom is -0.294 e. The number of hydrogen-bond donors (Lipinski definition) is 2. The van der Waals surface area contributed by atoms with Crippen LogP contribution in [0, 0.1) is 0 Å². The Morgan fingerprint density at radius 2 is 1.95 bits per heavy atom. The number of hydrogen-bond acceptors (Lipinski definition) is 3. The van der Waals surface area contributed by atoms with E-state index in [2.05, 4.69) is 28.9 Å². The van der Waals surface area contributed by atoms with Gasteiger partial charge in [0, 0.05) is 24.7 Å². The summed E-state index contributed by atoms with van der Waals surface area (Å²) in [6.07, 6.45) is 7.29. The van der Waals surface area contributed by atoms with Crippen molar-refractivity contribution in [2.75, 3.05) is 0 Å². The first-order valence-corrected chi connectivity index (χ1v) is 6.87. The van der Waals surface area contributed by atoms with E-state index < -0.39 is 0 Å². The summed E-state index contributed by atoms with van der Waals surface area (Å²) >= 11 is 0. The first-order valence-electron chi connectivity index (χ1n) is 6.87. The summed E-state index contributed by atoms with van der Waals surface area (Å²) in [7, 11) is 0. The second-order valence-electron chi connectivity index (χ2n) is 4.74. The normalized spacial score (nSPS) is 10.4. The van der Waals surface area contributed by atoms with E-state index in [9.17, 15) is 4.79 Å². The predicted molar refractivity (Wildman–Crippen MR) is 78.5 cm³/mol. The molecule has 0 bridgehead atoms. The monoisotopic (exact) mass is 272 g/mol. The SMILES string of the molecule is NNC(=O)CCCCCn1cc(-c2ccccc2)cn1. The molecule has 3 N–H and O–H groups in total. The number of nitrogens with one attached hydrogen (secondary N) is 1. The highest BCUT2D eigenvalue weighted by Crippen LogP contribution is 2.17. The third-order valence-corrected chi connectivity index (χ3v) is 3.19. The van der Waals surface area contributed by atoms with Crippen molar-refractivity contribution in [3.05, 3.63) is 42.7 Å². The minimum absolute atomic E-state index is 0.101. The van der Waals surface area contributed by atoms with E-state index in [-0.39, 0.29) is 5.91 Å². The number of unbranched alkanes of at least 4 members (excludes halogenated alkanes) is 2. The summed E-state index contributed by atoms with van der Waals surface area (Å²) in [6.45, 7) is 0.872. The van der Waals surface area contributed by atoms with Crippen molar-refractivity contribution >= 4 is 5.91 Å². The van der Waals surface area contributed by atoms with E-state index in [1.165, 1.54) is 5.56 Å². The van der Waals surface area contributed by atoms with E-state index in [4.69, 9.17) is 5.84 Å². The minimum atomic E-state index is -0.101. The molecule has 2 rings (SSSR count). The van der Waals surface area contributed by atoms with Gasteiger partial charge in [-0.05, 0) is 18.4 Å². The fourth-order valence-electron chi connectivity index (χ4n) is 2.07. The van der Waals surface area contributed by atoms with Crippen LogP contribution in [0.1, 0.15) is 25.7 Å². The lowest BCUT2D eigenvalue weighted by Crippen LogP contribution is -2.29. The summed E-state index contributed by atoms with van der Waals surface area (Å²) in [5, 5.41) is 4.36. The lowest BCUT2D eigenvalue weighted by Gasteiger charge is -2.02. The van der Waals surface area contributed by atoms with E-state index >= 15 is 0 Å². The fraction of sp³-hybridized carbons (Fsp3) is 0.333. The van der Waals surface area contributed by atoms with Gasteiger partial charge >= 0.3 is 0 Å². The largest absolute Gasteiger partial charge is 0.294 e. The molecule has 1 amide bonds. The molecule has 1 aromatic heterocycles. The maximum absolute atomic E-state index is 11.0. The lowest BCUT2D eigenvalue weighted by atomic mass is 10.1. The quantitative estimate of drug-likeness (QED) is 0.351. The highest BCUT2D eigenvalue weighted by molar-refractivity contribution is 5.75. The van der Waals surface area contributed by atoms with Crippen LogP contribution in [0.2, 0.25) is 0 Å². The lowest BCUT2D eigenvalue weighted by molar-refractivity contribution is -0.121. The molecule has 0 saturated carbocycles. The molecule has 5 nitrogen and oxygen atoms in total. The van der Waals surface area contributed by atoms with Crippen molar-refractivity contribution in [3.63, 3.8) is 0 Å². The molecule has 0 saturated heterocycles. The molecule has 0 fully saturated rings. The Morgan fingerprint density at radius 1 is 1.15 bits per heavy atom. The van der Waals surface area contributed by atoms with Gasteiger partial charge in [-0.3, -0.25) is 14.9 Å². The number of nitrogens with zero attached hydrogens (tertiary/aromatic N) is 2. The number of carbonyl (C=O) groups excluding carboxylic acids is 1. The van der Waals surface area contributed by atoms with Crippen LogP contribution in [0.25, 0.3) is 11.1 Å². The van der Waals surface area contributed by atoms with Gasteiger partial charge in [-0.25, -0.2) is 5.84 Å². The van der Waals surface area contributed by atoms with Crippen molar-refractivity contribution in [1.29, 1.82) is 0 Å². The van der Waals surface area contributed by atoms with Crippen molar-refractivity contribution in [2.45, 2.75) is 32.2 Å². The number of amides is 1. The van der Waals surface area contributed by atoms with Crippen molar-refractivity contribution in [2.24, 2.45) is 5.84 Å². The Morgan fingerprint density at radius 3 is 2.70 bits per heavy atom. The van der Waals surface area contributed by atoms with Gasteiger partial charge in [-0.2, -0.15) is 5.10 Å². The van der Waals surface area contributed by atoms with E-state index in [0.717, 1.165) is 31.4 Å². The zero-order chi connectivity index (χ0) is 14.2. The molecule has 1 aromatic carbocycles. The van der Waals surface area contributed by atoms with Crippen LogP contribution in [-0.2, 0) is 11.3 Å². The summed E-state index contributed by atoms with van der Waals surface area (Å²) in [4.78, 5) is 11.0. The Bertz CT molecular complexity index is 536. The van der Waals surface area contributed by atoms with Gasteiger partial charge in [0.15, 0.2) is 0 Å². The number of aromatic nitrogens is 2. The van der Waals surface area contributed by atoms with Crippen LogP contribution in [0.3, 0.4) is 0 Å². The molecule has 0 aliphatic carbocycles. The number of rotatable bonds is 7. The molecule has 0 spiro atoms. The number of benzene rings is 1. The summed E-state index contributed by atoms with van der Waals surface area (Å²) in [5.41, 5.74) is 4.45. The van der Waals surface area contributed by atoms with Crippen LogP contribution < -0.4 is 11.3 Å². The molecule has 0 radical (unpaired) electrons. The van der Waals surface area contributed by atoms with E-state index in [0.29, 0.717) is 6.42 Å². The molecule has 106 valence electrons. The number of aryl methyl sites for hydroxylation is 1. The fourth-order valence-corrected chi connectivity index (χ4v) is 2.07. The maximum atomic E-state index is 11.0. The Kier molecular flexibility index (Phi) is 5.32. The molecular formula is C15H20N4O. The molecule has 0 unspecified atom stereocenters. The summed E-state index contributed by atoms with van der Waals surface area (Å²) < 4.78 is 1.95. The standard InChI is InChI=1S/C15H20N4O/c16-18-15(20)9-5-2-6-10-19-12-14(11-17-19)13-7-3-1-4-8-13/h1,3-4,7-8,11-12H,2,5-6,9-10,16H2,(H,18,20). The van der Waals surface area contributed by atoms with Crippen molar-refractivity contribution < 1.29 is 4.79 Å². The second kappa shape index (κ2) is 7.45. The third kappa shape index (κ3) is 4.20. The molecule has 0 aliphatic rings. The Labute approximate surface area is 118 Å². The van der Waals surface area contributed by atoms with Crippen LogP contribution in [0.4, 0.5) is 0 Å². The van der Waals surface area contributed by atoms with Crippen LogP contribution in [0.5, 0.6) is 0 Å². The topological polar surface area (TPSA) is 72.9 Å². The number of hydrazine groups is 1. The Hall–Kier alpha value is -2.14. The van der Waals surface area contributed by atoms with Gasteiger partial charge in [0.25, 0.3) is 0 Å². The first-order chi connectivity index (χ1) is 9.79.